The summed E-state index contributed by atoms with van der Waals surface area (Å²) >= 11 is 7.52. The Balaban J connectivity index is 2.05. The molecule has 92 valence electrons. The predicted molar refractivity (Wildman–Crippen MR) is 84.7 cm³/mol. The van der Waals surface area contributed by atoms with Crippen LogP contribution in [0.4, 0.5) is 0 Å². The topological polar surface area (TPSA) is 29.1 Å². The molecule has 1 N–H and O–H groups in total. The van der Waals surface area contributed by atoms with E-state index in [0.29, 0.717) is 6.04 Å². The number of halogens is 2. The van der Waals surface area contributed by atoms with Crippen molar-refractivity contribution in [1.29, 1.82) is 0 Å². The lowest BCUT2D eigenvalue weighted by atomic mass is 10.1. The maximum atomic E-state index is 12.1. The number of carbonyl (C=O) groups is 1. The van der Waals surface area contributed by atoms with Gasteiger partial charge in [0.1, 0.15) is 0 Å². The van der Waals surface area contributed by atoms with Gasteiger partial charge in [0.2, 0.25) is 0 Å². The van der Waals surface area contributed by atoms with Crippen molar-refractivity contribution in [2.24, 2.45) is 0 Å². The molecule has 1 aliphatic rings. The highest BCUT2D eigenvalue weighted by Gasteiger charge is 2.18. The molecule has 2 nitrogen and oxygen atoms in total. The highest BCUT2D eigenvalue weighted by Crippen LogP contribution is 2.20. The molecule has 1 aromatic rings. The fourth-order valence-corrected chi connectivity index (χ4v) is 3.80. The Morgan fingerprint density at radius 1 is 1.53 bits per heavy atom. The van der Waals surface area contributed by atoms with Crippen LogP contribution in [0.15, 0.2) is 22.7 Å². The molecular formula is C12H13BrINOS. The van der Waals surface area contributed by atoms with Crippen LogP contribution in [0.1, 0.15) is 23.2 Å². The Morgan fingerprint density at radius 3 is 3.06 bits per heavy atom. The van der Waals surface area contributed by atoms with Gasteiger partial charge in [-0.25, -0.2) is 0 Å². The molecule has 1 saturated heterocycles. The van der Waals surface area contributed by atoms with Crippen LogP contribution >= 0.6 is 50.3 Å². The molecule has 1 amide bonds. The van der Waals surface area contributed by atoms with Crippen LogP contribution < -0.4 is 5.32 Å². The maximum absolute atomic E-state index is 12.1. The smallest absolute Gasteiger partial charge is 0.252 e. The molecule has 1 fully saturated rings. The highest BCUT2D eigenvalue weighted by molar-refractivity contribution is 14.1. The number of benzene rings is 1. The third kappa shape index (κ3) is 3.86. The minimum absolute atomic E-state index is 0.0446. The second kappa shape index (κ2) is 6.43. The average molecular weight is 426 g/mol. The molecule has 0 saturated carbocycles. The van der Waals surface area contributed by atoms with Gasteiger partial charge in [0.15, 0.2) is 0 Å². The van der Waals surface area contributed by atoms with Crippen LogP contribution in [0, 0.1) is 3.57 Å². The summed E-state index contributed by atoms with van der Waals surface area (Å²) in [6.07, 6.45) is 2.30. The van der Waals surface area contributed by atoms with E-state index in [1.807, 2.05) is 30.0 Å². The molecule has 2 rings (SSSR count). The van der Waals surface area contributed by atoms with E-state index in [1.165, 1.54) is 12.2 Å². The first kappa shape index (κ1) is 13.7. The zero-order valence-corrected chi connectivity index (χ0v) is 13.8. The first-order valence-corrected chi connectivity index (χ1v) is 8.53. The molecule has 0 aliphatic carbocycles. The predicted octanol–water partition coefficient (Wildman–Crippen LogP) is 3.68. The summed E-state index contributed by atoms with van der Waals surface area (Å²) in [4.78, 5) is 12.1. The van der Waals surface area contributed by atoms with Crippen molar-refractivity contribution < 1.29 is 4.79 Å². The molecule has 17 heavy (non-hydrogen) atoms. The molecule has 0 aromatic heterocycles. The molecule has 1 unspecified atom stereocenters. The molecule has 1 atom stereocenters. The van der Waals surface area contributed by atoms with Gasteiger partial charge in [-0.1, -0.05) is 15.9 Å². The Morgan fingerprint density at radius 2 is 2.35 bits per heavy atom. The quantitative estimate of drug-likeness (QED) is 0.732. The minimum atomic E-state index is 0.0446. The van der Waals surface area contributed by atoms with Gasteiger partial charge < -0.3 is 5.32 Å². The monoisotopic (exact) mass is 425 g/mol. The van der Waals surface area contributed by atoms with Crippen LogP contribution in [0.2, 0.25) is 0 Å². The lowest BCUT2D eigenvalue weighted by Crippen LogP contribution is -2.38. The summed E-state index contributed by atoms with van der Waals surface area (Å²) in [5, 5.41) is 3.12. The van der Waals surface area contributed by atoms with Gasteiger partial charge in [-0.15, -0.1) is 0 Å². The summed E-state index contributed by atoms with van der Waals surface area (Å²) < 4.78 is 1.94. The number of hydrogen-bond donors (Lipinski definition) is 1. The SMILES string of the molecule is O=C(NC1CCCSC1)c1cc(Br)ccc1I. The van der Waals surface area contributed by atoms with E-state index in [4.69, 9.17) is 0 Å². The maximum Gasteiger partial charge on any atom is 0.252 e. The van der Waals surface area contributed by atoms with E-state index in [2.05, 4.69) is 43.8 Å². The Kier molecular flexibility index (Phi) is 5.17. The molecular weight excluding hydrogens is 413 g/mol. The molecule has 0 spiro atoms. The standard InChI is InChI=1S/C12H13BrINOS/c13-8-3-4-11(14)10(6-8)12(16)15-9-2-1-5-17-7-9/h3-4,6,9H,1-2,5,7H2,(H,15,16). The molecule has 5 heteroatoms. The van der Waals surface area contributed by atoms with Crippen molar-refractivity contribution in [1.82, 2.24) is 5.32 Å². The molecule has 0 bridgehead atoms. The van der Waals surface area contributed by atoms with Gasteiger partial charge >= 0.3 is 0 Å². The third-order valence-corrected chi connectivity index (χ3v) is 5.32. The third-order valence-electron chi connectivity index (χ3n) is 2.67. The number of thioether (sulfide) groups is 1. The van der Waals surface area contributed by atoms with Crippen LogP contribution in [-0.4, -0.2) is 23.5 Å². The Hall–Kier alpha value is 0.250. The Bertz CT molecular complexity index is 421. The molecule has 1 aromatic carbocycles. The van der Waals surface area contributed by atoms with Gasteiger partial charge in [-0.05, 0) is 59.4 Å². The number of hydrogen-bond acceptors (Lipinski definition) is 2. The first-order chi connectivity index (χ1) is 8.16. The zero-order chi connectivity index (χ0) is 12.3. The molecule has 0 radical (unpaired) electrons. The Labute approximate surface area is 128 Å². The summed E-state index contributed by atoms with van der Waals surface area (Å²) in [6, 6.07) is 6.12. The lowest BCUT2D eigenvalue weighted by Gasteiger charge is -2.22. The number of rotatable bonds is 2. The van der Waals surface area contributed by atoms with Gasteiger partial charge in [0.25, 0.3) is 5.91 Å². The summed E-state index contributed by atoms with van der Waals surface area (Å²) in [5.74, 6) is 2.31. The van der Waals surface area contributed by atoms with Crippen molar-refractivity contribution in [2.45, 2.75) is 18.9 Å². The minimum Gasteiger partial charge on any atom is -0.348 e. The van der Waals surface area contributed by atoms with E-state index < -0.39 is 0 Å². The van der Waals surface area contributed by atoms with E-state index in [9.17, 15) is 4.79 Å². The molecule has 1 aliphatic heterocycles. The van der Waals surface area contributed by atoms with Gasteiger partial charge in [-0.2, -0.15) is 11.8 Å². The van der Waals surface area contributed by atoms with Crippen molar-refractivity contribution in [3.8, 4) is 0 Å². The summed E-state index contributed by atoms with van der Waals surface area (Å²) in [6.45, 7) is 0. The van der Waals surface area contributed by atoms with Crippen molar-refractivity contribution in [3.05, 3.63) is 31.8 Å². The van der Waals surface area contributed by atoms with Crippen molar-refractivity contribution >= 4 is 56.2 Å². The number of carbonyl (C=O) groups excluding carboxylic acids is 1. The second-order valence-corrected chi connectivity index (χ2v) is 7.24. The van der Waals surface area contributed by atoms with Crippen LogP contribution in [0.3, 0.4) is 0 Å². The fourth-order valence-electron chi connectivity index (χ4n) is 1.79. The van der Waals surface area contributed by atoms with Gasteiger partial charge in [0, 0.05) is 19.8 Å². The fraction of sp³-hybridized carbons (Fsp3) is 0.417. The first-order valence-electron chi connectivity index (χ1n) is 5.50. The van der Waals surface area contributed by atoms with E-state index in [-0.39, 0.29) is 5.91 Å². The normalized spacial score (nSPS) is 20.0. The van der Waals surface area contributed by atoms with Crippen LogP contribution in [-0.2, 0) is 0 Å². The van der Waals surface area contributed by atoms with E-state index >= 15 is 0 Å². The second-order valence-electron chi connectivity index (χ2n) is 4.01. The van der Waals surface area contributed by atoms with Crippen LogP contribution in [0.5, 0.6) is 0 Å². The lowest BCUT2D eigenvalue weighted by molar-refractivity contribution is 0.0937. The van der Waals surface area contributed by atoms with Crippen molar-refractivity contribution in [3.63, 3.8) is 0 Å². The largest absolute Gasteiger partial charge is 0.348 e. The van der Waals surface area contributed by atoms with Gasteiger partial charge in [-0.3, -0.25) is 4.79 Å². The van der Waals surface area contributed by atoms with Crippen molar-refractivity contribution in [2.75, 3.05) is 11.5 Å². The van der Waals surface area contributed by atoms with E-state index in [1.54, 1.807) is 0 Å². The average Bonchev–Trinajstić information content (AvgIpc) is 2.33. The highest BCUT2D eigenvalue weighted by atomic mass is 127. The summed E-state index contributed by atoms with van der Waals surface area (Å²) in [5.41, 5.74) is 0.760. The summed E-state index contributed by atoms with van der Waals surface area (Å²) in [7, 11) is 0. The van der Waals surface area contributed by atoms with Gasteiger partial charge in [0.05, 0.1) is 5.56 Å². The van der Waals surface area contributed by atoms with E-state index in [0.717, 1.165) is 25.8 Å². The van der Waals surface area contributed by atoms with Crippen LogP contribution in [0.25, 0.3) is 0 Å². The molecule has 1 heterocycles. The number of nitrogens with one attached hydrogen (secondary N) is 1. The zero-order valence-electron chi connectivity index (χ0n) is 9.21. The number of amides is 1.